The largest absolute Gasteiger partial charge is 0.468 e. The maximum absolute atomic E-state index is 13.7. The average Bonchev–Trinajstić information content (AvgIpc) is 3.45. The number of rotatable bonds is 11. The number of benzene rings is 2. The summed E-state index contributed by atoms with van der Waals surface area (Å²) in [6, 6.07) is 15.3. The van der Waals surface area contributed by atoms with Gasteiger partial charge in [0, 0.05) is 35.5 Å². The summed E-state index contributed by atoms with van der Waals surface area (Å²) in [7, 11) is -3.91. The number of furan rings is 2. The number of carbonyl (C=O) groups excluding carboxylic acids is 2. The van der Waals surface area contributed by atoms with Crippen LogP contribution >= 0.6 is 11.6 Å². The first-order valence-electron chi connectivity index (χ1n) is 12.9. The van der Waals surface area contributed by atoms with E-state index in [1.54, 1.807) is 67.5 Å². The zero-order valence-electron chi connectivity index (χ0n) is 22.3. The minimum absolute atomic E-state index is 0.00127. The monoisotopic (exact) mass is 586 g/mol. The first kappa shape index (κ1) is 29.2. The number of halogens is 1. The Bertz CT molecular complexity index is 1550. The van der Waals surface area contributed by atoms with Gasteiger partial charge in [0.05, 0.1) is 36.3 Å². The van der Waals surface area contributed by atoms with Crippen LogP contribution in [0, 0.1) is 5.92 Å². The molecular weight excluding hydrogens is 556 g/mol. The predicted molar refractivity (Wildman–Crippen MR) is 151 cm³/mol. The number of carbonyl (C=O) groups is 2. The van der Waals surface area contributed by atoms with Crippen molar-refractivity contribution >= 4 is 50.7 Å². The van der Waals surface area contributed by atoms with Gasteiger partial charge in [-0.25, -0.2) is 8.42 Å². The lowest BCUT2D eigenvalue weighted by Gasteiger charge is -2.28. The summed E-state index contributed by atoms with van der Waals surface area (Å²) in [6.45, 7) is 5.13. The van der Waals surface area contributed by atoms with Crippen LogP contribution in [0.2, 0.25) is 5.02 Å². The van der Waals surface area contributed by atoms with Crippen molar-refractivity contribution in [2.45, 2.75) is 44.7 Å². The minimum Gasteiger partial charge on any atom is -0.468 e. The number of ether oxygens (including phenoxy) is 1. The van der Waals surface area contributed by atoms with Gasteiger partial charge in [-0.3, -0.25) is 13.9 Å². The highest BCUT2D eigenvalue weighted by molar-refractivity contribution is 7.92. The molecule has 0 N–H and O–H groups in total. The van der Waals surface area contributed by atoms with E-state index in [1.165, 1.54) is 16.6 Å². The van der Waals surface area contributed by atoms with Gasteiger partial charge < -0.3 is 18.5 Å². The van der Waals surface area contributed by atoms with Crippen molar-refractivity contribution in [2.24, 2.45) is 5.92 Å². The second-order valence-electron chi connectivity index (χ2n) is 9.16. The lowest BCUT2D eigenvalue weighted by molar-refractivity contribution is -0.134. The Kier molecular flexibility index (Phi) is 9.54. The number of anilines is 1. The summed E-state index contributed by atoms with van der Waals surface area (Å²) in [5.41, 5.74) is 1.62. The van der Waals surface area contributed by atoms with Crippen LogP contribution in [0.3, 0.4) is 0 Å². The highest BCUT2D eigenvalue weighted by Crippen LogP contribution is 2.35. The van der Waals surface area contributed by atoms with Crippen molar-refractivity contribution in [3.8, 4) is 0 Å². The fraction of sp³-hybridized carbons (Fsp3) is 0.310. The highest BCUT2D eigenvalue weighted by atomic mass is 35.5. The third-order valence-corrected chi connectivity index (χ3v) is 8.49. The van der Waals surface area contributed by atoms with Crippen LogP contribution < -0.4 is 4.31 Å². The Balaban J connectivity index is 0.000000681. The van der Waals surface area contributed by atoms with Crippen LogP contribution in [-0.4, -0.2) is 38.8 Å². The fourth-order valence-electron chi connectivity index (χ4n) is 4.28. The molecule has 5 rings (SSSR count). The van der Waals surface area contributed by atoms with E-state index in [4.69, 9.17) is 20.4 Å². The standard InChI is InChI=1S/C26H25ClN2O5S.C3H6O2/c1-2-29(35(31,32)23-9-7-18-11-13-34-25(18)15-23)24-10-8-21(27)14-20(24)16-28(26(30)19-5-6-19)17-22-4-3-12-33-22;1-2-5-3-4/h3-4,7-15,19H,2,5-6,16-17H2,1H3;3H,2H2,1H3. The molecule has 2 heterocycles. The van der Waals surface area contributed by atoms with Crippen LogP contribution in [0.15, 0.2) is 80.9 Å². The van der Waals surface area contributed by atoms with Crippen molar-refractivity contribution in [3.05, 3.63) is 83.5 Å². The smallest absolute Gasteiger partial charge is 0.293 e. The molecule has 40 heavy (non-hydrogen) atoms. The quantitative estimate of drug-likeness (QED) is 0.198. The van der Waals surface area contributed by atoms with E-state index < -0.39 is 10.0 Å². The van der Waals surface area contributed by atoms with Gasteiger partial charge >= 0.3 is 0 Å². The molecule has 0 atom stereocenters. The van der Waals surface area contributed by atoms with Crippen molar-refractivity contribution < 1.29 is 31.6 Å². The van der Waals surface area contributed by atoms with E-state index >= 15 is 0 Å². The van der Waals surface area contributed by atoms with Gasteiger partial charge in [-0.2, -0.15) is 0 Å². The predicted octanol–water partition coefficient (Wildman–Crippen LogP) is 6.01. The van der Waals surface area contributed by atoms with Crippen LogP contribution in [0.5, 0.6) is 0 Å². The van der Waals surface area contributed by atoms with Crippen molar-refractivity contribution in [1.82, 2.24) is 4.90 Å². The molecule has 0 unspecified atom stereocenters. The third-order valence-electron chi connectivity index (χ3n) is 6.37. The summed E-state index contributed by atoms with van der Waals surface area (Å²) in [5.74, 6) is 0.689. The molecular formula is C29H31ClN2O7S. The number of amides is 1. The van der Waals surface area contributed by atoms with Crippen LogP contribution in [0.1, 0.15) is 38.0 Å². The summed E-state index contributed by atoms with van der Waals surface area (Å²) in [6.07, 6.45) is 4.82. The van der Waals surface area contributed by atoms with Gasteiger partial charge in [0.2, 0.25) is 5.91 Å². The molecule has 0 saturated heterocycles. The summed E-state index contributed by atoms with van der Waals surface area (Å²) in [5, 5.41) is 1.29. The van der Waals surface area contributed by atoms with E-state index in [0.717, 1.165) is 18.2 Å². The molecule has 1 aliphatic rings. The summed E-state index contributed by atoms with van der Waals surface area (Å²) < 4.78 is 43.8. The zero-order chi connectivity index (χ0) is 28.7. The number of nitrogens with zero attached hydrogens (tertiary/aromatic N) is 2. The zero-order valence-corrected chi connectivity index (χ0v) is 23.9. The first-order valence-corrected chi connectivity index (χ1v) is 14.7. The molecule has 1 fully saturated rings. The lowest BCUT2D eigenvalue weighted by atomic mass is 10.1. The topological polar surface area (TPSA) is 110 Å². The minimum atomic E-state index is -3.91. The van der Waals surface area contributed by atoms with Gasteiger partial charge in [-0.05, 0) is 80.8 Å². The highest BCUT2D eigenvalue weighted by Gasteiger charge is 2.35. The summed E-state index contributed by atoms with van der Waals surface area (Å²) in [4.78, 5) is 24.1. The van der Waals surface area contributed by atoms with Crippen LogP contribution in [-0.2, 0) is 37.4 Å². The molecule has 11 heteroatoms. The van der Waals surface area contributed by atoms with E-state index in [2.05, 4.69) is 4.74 Å². The summed E-state index contributed by atoms with van der Waals surface area (Å²) >= 11 is 6.33. The molecule has 0 spiro atoms. The third kappa shape index (κ3) is 6.86. The van der Waals surface area contributed by atoms with Gasteiger partial charge in [0.1, 0.15) is 11.3 Å². The van der Waals surface area contributed by atoms with Crippen molar-refractivity contribution in [1.29, 1.82) is 0 Å². The van der Waals surface area contributed by atoms with E-state index in [1.807, 2.05) is 6.07 Å². The first-order chi connectivity index (χ1) is 19.3. The molecule has 212 valence electrons. The number of hydrogen-bond acceptors (Lipinski definition) is 7. The molecule has 1 amide bonds. The van der Waals surface area contributed by atoms with E-state index in [-0.39, 0.29) is 29.8 Å². The Labute approximate surface area is 238 Å². The average molecular weight is 587 g/mol. The molecule has 9 nitrogen and oxygen atoms in total. The lowest BCUT2D eigenvalue weighted by Crippen LogP contribution is -2.34. The van der Waals surface area contributed by atoms with Crippen molar-refractivity contribution in [2.75, 3.05) is 17.5 Å². The normalized spacial score (nSPS) is 12.9. The molecule has 0 radical (unpaired) electrons. The maximum atomic E-state index is 13.7. The Morgan fingerprint density at radius 3 is 2.48 bits per heavy atom. The number of hydrogen-bond donors (Lipinski definition) is 0. The van der Waals surface area contributed by atoms with E-state index in [9.17, 15) is 18.0 Å². The second-order valence-corrected chi connectivity index (χ2v) is 11.5. The van der Waals surface area contributed by atoms with Gasteiger partial charge in [-0.1, -0.05) is 11.6 Å². The molecule has 1 saturated carbocycles. The SMILES string of the molecule is CCN(c1ccc(Cl)cc1CN(Cc1ccco1)C(=O)C1CC1)S(=O)(=O)c1ccc2ccoc2c1.CCOC=O. The number of fused-ring (bicyclic) bond motifs is 1. The van der Waals surface area contributed by atoms with E-state index in [0.29, 0.717) is 47.2 Å². The number of sulfonamides is 1. The Morgan fingerprint density at radius 2 is 1.85 bits per heavy atom. The van der Waals surface area contributed by atoms with Gasteiger partial charge in [0.15, 0.2) is 0 Å². The van der Waals surface area contributed by atoms with Gasteiger partial charge in [0.25, 0.3) is 16.5 Å². The molecule has 0 bridgehead atoms. The molecule has 1 aliphatic carbocycles. The molecule has 0 aliphatic heterocycles. The molecule has 2 aromatic carbocycles. The van der Waals surface area contributed by atoms with Crippen molar-refractivity contribution in [3.63, 3.8) is 0 Å². The molecule has 4 aromatic rings. The fourth-order valence-corrected chi connectivity index (χ4v) is 6.00. The van der Waals surface area contributed by atoms with Gasteiger partial charge in [-0.15, -0.1) is 0 Å². The second kappa shape index (κ2) is 13.1. The maximum Gasteiger partial charge on any atom is 0.293 e. The Morgan fingerprint density at radius 1 is 1.05 bits per heavy atom. The van der Waals surface area contributed by atoms with Crippen LogP contribution in [0.4, 0.5) is 5.69 Å². The Hall–Kier alpha value is -3.76. The van der Waals surface area contributed by atoms with Crippen LogP contribution in [0.25, 0.3) is 11.0 Å². The molecule has 2 aromatic heterocycles.